The lowest BCUT2D eigenvalue weighted by Crippen LogP contribution is -2.22. The molecule has 2 rings (SSSR count). The molecule has 2 aromatic heterocycles. The summed E-state index contributed by atoms with van der Waals surface area (Å²) in [7, 11) is 1.72. The van der Waals surface area contributed by atoms with E-state index in [1.165, 1.54) is 0 Å². The number of methoxy groups -OCH3 is 1. The smallest absolute Gasteiger partial charge is 0.160 e. The number of hydrogen-bond donors (Lipinski definition) is 0. The first-order chi connectivity index (χ1) is 9.46. The molecular formula is C14H19Cl2N3O. The molecule has 2 aromatic rings. The largest absolute Gasteiger partial charge is 0.385 e. The third-order valence-electron chi connectivity index (χ3n) is 3.32. The lowest BCUT2D eigenvalue weighted by Gasteiger charge is -2.25. The maximum atomic E-state index is 6.01. The van der Waals surface area contributed by atoms with Gasteiger partial charge in [-0.05, 0) is 17.9 Å². The van der Waals surface area contributed by atoms with Crippen LogP contribution in [0.2, 0.25) is 5.02 Å². The van der Waals surface area contributed by atoms with Crippen molar-refractivity contribution in [2.24, 2.45) is 5.41 Å². The van der Waals surface area contributed by atoms with Crippen LogP contribution in [0.25, 0.3) is 11.2 Å². The number of fused-ring (bicyclic) bond motifs is 1. The van der Waals surface area contributed by atoms with Crippen LogP contribution >= 0.6 is 23.2 Å². The number of pyridine rings is 1. The maximum Gasteiger partial charge on any atom is 0.160 e. The van der Waals surface area contributed by atoms with Crippen LogP contribution < -0.4 is 0 Å². The van der Waals surface area contributed by atoms with Crippen molar-refractivity contribution in [3.63, 3.8) is 0 Å². The molecule has 0 aliphatic carbocycles. The summed E-state index contributed by atoms with van der Waals surface area (Å²) in [4.78, 5) is 8.90. The molecule has 2 heterocycles. The molecule has 4 nitrogen and oxygen atoms in total. The average molecular weight is 316 g/mol. The fraction of sp³-hybridized carbons (Fsp3) is 0.571. The molecule has 0 unspecified atom stereocenters. The fourth-order valence-electron chi connectivity index (χ4n) is 2.19. The zero-order valence-electron chi connectivity index (χ0n) is 12.0. The summed E-state index contributed by atoms with van der Waals surface area (Å²) in [5.41, 5.74) is 1.69. The van der Waals surface area contributed by atoms with Crippen LogP contribution in [-0.2, 0) is 17.2 Å². The Labute approximate surface area is 129 Å². The van der Waals surface area contributed by atoms with Crippen molar-refractivity contribution in [3.8, 4) is 0 Å². The van der Waals surface area contributed by atoms with Gasteiger partial charge in [0, 0.05) is 26.5 Å². The molecule has 0 spiro atoms. The van der Waals surface area contributed by atoms with Gasteiger partial charge in [0.15, 0.2) is 5.65 Å². The van der Waals surface area contributed by atoms with Gasteiger partial charge in [0.1, 0.15) is 11.3 Å². The van der Waals surface area contributed by atoms with Crippen LogP contribution in [0.1, 0.15) is 26.1 Å². The normalized spacial score (nSPS) is 12.2. The van der Waals surface area contributed by atoms with E-state index in [0.717, 1.165) is 36.6 Å². The molecule has 0 aromatic carbocycles. The fourth-order valence-corrected chi connectivity index (χ4v) is 2.54. The summed E-state index contributed by atoms with van der Waals surface area (Å²) in [6, 6.07) is 1.82. The van der Waals surface area contributed by atoms with Crippen LogP contribution in [-0.4, -0.2) is 28.3 Å². The highest BCUT2D eigenvalue weighted by Gasteiger charge is 2.22. The summed E-state index contributed by atoms with van der Waals surface area (Å²) < 4.78 is 7.25. The third-order valence-corrected chi connectivity index (χ3v) is 3.76. The van der Waals surface area contributed by atoms with Crippen LogP contribution in [0.4, 0.5) is 0 Å². The van der Waals surface area contributed by atoms with Crippen LogP contribution in [0, 0.1) is 5.41 Å². The molecule has 0 fully saturated rings. The van der Waals surface area contributed by atoms with E-state index in [1.807, 2.05) is 6.07 Å². The van der Waals surface area contributed by atoms with Gasteiger partial charge in [0.25, 0.3) is 0 Å². The average Bonchev–Trinajstić information content (AvgIpc) is 2.73. The highest BCUT2D eigenvalue weighted by atomic mass is 35.5. The second-order valence-electron chi connectivity index (χ2n) is 5.65. The second kappa shape index (κ2) is 6.29. The van der Waals surface area contributed by atoms with Crippen molar-refractivity contribution in [1.82, 2.24) is 14.5 Å². The molecular weight excluding hydrogens is 297 g/mol. The van der Waals surface area contributed by atoms with E-state index in [9.17, 15) is 0 Å². The van der Waals surface area contributed by atoms with Crippen molar-refractivity contribution in [2.45, 2.75) is 32.7 Å². The van der Waals surface area contributed by atoms with E-state index in [2.05, 4.69) is 28.4 Å². The molecule has 0 aliphatic heterocycles. The second-order valence-corrected chi connectivity index (χ2v) is 6.35. The zero-order valence-corrected chi connectivity index (χ0v) is 13.5. The Balaban J connectivity index is 2.37. The van der Waals surface area contributed by atoms with Gasteiger partial charge < -0.3 is 9.30 Å². The van der Waals surface area contributed by atoms with E-state index in [-0.39, 0.29) is 5.41 Å². The Hall–Kier alpha value is -0.840. The van der Waals surface area contributed by atoms with E-state index in [4.69, 9.17) is 27.9 Å². The maximum absolute atomic E-state index is 6.01. The molecule has 0 amide bonds. The van der Waals surface area contributed by atoms with Crippen molar-refractivity contribution < 1.29 is 4.74 Å². The highest BCUT2D eigenvalue weighted by Crippen LogP contribution is 2.27. The predicted molar refractivity (Wildman–Crippen MR) is 82.4 cm³/mol. The summed E-state index contributed by atoms with van der Waals surface area (Å²) in [6.07, 6.45) is 2.60. The minimum atomic E-state index is 0.0752. The van der Waals surface area contributed by atoms with Gasteiger partial charge in [-0.25, -0.2) is 9.97 Å². The molecule has 0 saturated carbocycles. The number of alkyl halides is 1. The SMILES string of the molecule is COCCC(C)(C)Cn1c(CCl)nc2cc(Cl)cnc21. The summed E-state index contributed by atoms with van der Waals surface area (Å²) in [5.74, 6) is 1.18. The van der Waals surface area contributed by atoms with Crippen LogP contribution in [0.15, 0.2) is 12.3 Å². The molecule has 0 radical (unpaired) electrons. The lowest BCUT2D eigenvalue weighted by atomic mass is 9.89. The Morgan fingerprint density at radius 2 is 2.15 bits per heavy atom. The van der Waals surface area contributed by atoms with E-state index >= 15 is 0 Å². The molecule has 110 valence electrons. The highest BCUT2D eigenvalue weighted by molar-refractivity contribution is 6.31. The zero-order chi connectivity index (χ0) is 14.8. The first-order valence-electron chi connectivity index (χ1n) is 6.52. The Kier molecular flexibility index (Phi) is 4.89. The van der Waals surface area contributed by atoms with Crippen LogP contribution in [0.3, 0.4) is 0 Å². The van der Waals surface area contributed by atoms with Gasteiger partial charge in [0.2, 0.25) is 0 Å². The molecule has 0 saturated heterocycles. The summed E-state index contributed by atoms with van der Waals surface area (Å²) in [5, 5.41) is 0.585. The topological polar surface area (TPSA) is 39.9 Å². The van der Waals surface area contributed by atoms with Crippen molar-refractivity contribution in [2.75, 3.05) is 13.7 Å². The monoisotopic (exact) mass is 315 g/mol. The Bertz CT molecular complexity index is 595. The summed E-state index contributed by atoms with van der Waals surface area (Å²) >= 11 is 12.0. The lowest BCUT2D eigenvalue weighted by molar-refractivity contribution is 0.142. The molecule has 20 heavy (non-hydrogen) atoms. The van der Waals surface area contributed by atoms with E-state index in [0.29, 0.717) is 10.9 Å². The number of rotatable bonds is 6. The molecule has 0 aliphatic rings. The third kappa shape index (κ3) is 3.43. The molecule has 0 atom stereocenters. The van der Waals surface area contributed by atoms with Gasteiger partial charge in [-0.15, -0.1) is 11.6 Å². The number of halogens is 2. The number of imidazole rings is 1. The van der Waals surface area contributed by atoms with Crippen molar-refractivity contribution in [1.29, 1.82) is 0 Å². The standard InChI is InChI=1S/C14H19Cl2N3O/c1-14(2,4-5-20-3)9-19-12(7-15)18-11-6-10(16)8-17-13(11)19/h6,8H,4-5,7,9H2,1-3H3. The number of hydrogen-bond acceptors (Lipinski definition) is 3. The first-order valence-corrected chi connectivity index (χ1v) is 7.43. The van der Waals surface area contributed by atoms with E-state index in [1.54, 1.807) is 13.3 Å². The van der Waals surface area contributed by atoms with E-state index < -0.39 is 0 Å². The van der Waals surface area contributed by atoms with Gasteiger partial charge in [-0.3, -0.25) is 0 Å². The molecule has 0 bridgehead atoms. The van der Waals surface area contributed by atoms with Gasteiger partial charge in [-0.2, -0.15) is 0 Å². The number of ether oxygens (including phenoxy) is 1. The molecule has 0 N–H and O–H groups in total. The number of nitrogens with zero attached hydrogens (tertiary/aromatic N) is 3. The van der Waals surface area contributed by atoms with Gasteiger partial charge in [-0.1, -0.05) is 25.4 Å². The van der Waals surface area contributed by atoms with Crippen molar-refractivity contribution >= 4 is 34.4 Å². The minimum Gasteiger partial charge on any atom is -0.385 e. The van der Waals surface area contributed by atoms with Crippen molar-refractivity contribution in [3.05, 3.63) is 23.1 Å². The number of aromatic nitrogens is 3. The molecule has 6 heteroatoms. The minimum absolute atomic E-state index is 0.0752. The quantitative estimate of drug-likeness (QED) is 0.759. The first kappa shape index (κ1) is 15.5. The Morgan fingerprint density at radius 3 is 2.80 bits per heavy atom. The Morgan fingerprint density at radius 1 is 1.40 bits per heavy atom. The predicted octanol–water partition coefficient (Wildman–Crippen LogP) is 3.89. The summed E-state index contributed by atoms with van der Waals surface area (Å²) in [6.45, 7) is 5.93. The van der Waals surface area contributed by atoms with Gasteiger partial charge in [0.05, 0.1) is 10.9 Å². The van der Waals surface area contributed by atoms with Crippen LogP contribution in [0.5, 0.6) is 0 Å². The van der Waals surface area contributed by atoms with Gasteiger partial charge >= 0.3 is 0 Å².